The van der Waals surface area contributed by atoms with E-state index >= 15 is 0 Å². The number of aromatic amines is 1. The largest absolute Gasteiger partial charge is 0.321 e. The van der Waals surface area contributed by atoms with Crippen LogP contribution >= 0.6 is 0 Å². The van der Waals surface area contributed by atoms with Crippen LogP contribution in [0.25, 0.3) is 10.9 Å². The molecule has 17 heavy (non-hydrogen) atoms. The van der Waals surface area contributed by atoms with E-state index in [1.807, 2.05) is 32.0 Å². The number of hydrogen-bond acceptors (Lipinski definition) is 2. The van der Waals surface area contributed by atoms with E-state index in [0.717, 1.165) is 16.5 Å². The van der Waals surface area contributed by atoms with Gasteiger partial charge in [0.15, 0.2) is 0 Å². The number of hydrogen-bond donors (Lipinski definition) is 1. The van der Waals surface area contributed by atoms with Crippen LogP contribution in [0, 0.1) is 25.2 Å². The third-order valence-corrected chi connectivity index (χ3v) is 2.88. The van der Waals surface area contributed by atoms with Crippen molar-refractivity contribution < 1.29 is 0 Å². The van der Waals surface area contributed by atoms with Crippen LogP contribution in [-0.4, -0.2) is 4.98 Å². The van der Waals surface area contributed by atoms with Crippen LogP contribution in [0.4, 0.5) is 0 Å². The zero-order valence-corrected chi connectivity index (χ0v) is 10.0. The molecule has 0 aliphatic heterocycles. The van der Waals surface area contributed by atoms with E-state index in [2.05, 4.69) is 11.1 Å². The summed E-state index contributed by atoms with van der Waals surface area (Å²) in [6.07, 6.45) is 0.883. The first-order chi connectivity index (χ1) is 8.11. The van der Waals surface area contributed by atoms with E-state index in [0.29, 0.717) is 18.4 Å². The summed E-state index contributed by atoms with van der Waals surface area (Å²) in [5.74, 6) is 0. The topological polar surface area (TPSA) is 56.6 Å². The molecule has 0 aliphatic rings. The van der Waals surface area contributed by atoms with E-state index in [4.69, 9.17) is 5.26 Å². The Morgan fingerprint density at radius 2 is 2.06 bits per heavy atom. The first-order valence-corrected chi connectivity index (χ1v) is 5.62. The molecule has 3 heteroatoms. The summed E-state index contributed by atoms with van der Waals surface area (Å²) in [5, 5.41) is 9.59. The summed E-state index contributed by atoms with van der Waals surface area (Å²) < 4.78 is 0. The maximum atomic E-state index is 11.8. The highest BCUT2D eigenvalue weighted by Gasteiger charge is 2.05. The molecule has 1 aromatic carbocycles. The Bertz CT molecular complexity index is 662. The third kappa shape index (κ3) is 2.21. The van der Waals surface area contributed by atoms with Gasteiger partial charge < -0.3 is 4.98 Å². The molecule has 1 aromatic heterocycles. The van der Waals surface area contributed by atoms with E-state index in [9.17, 15) is 4.79 Å². The summed E-state index contributed by atoms with van der Waals surface area (Å²) in [5.41, 5.74) is 3.74. The number of pyridine rings is 1. The first kappa shape index (κ1) is 11.4. The van der Waals surface area contributed by atoms with E-state index in [1.165, 1.54) is 5.56 Å². The van der Waals surface area contributed by atoms with Crippen LogP contribution in [0.2, 0.25) is 0 Å². The minimum atomic E-state index is -0.0836. The Labute approximate surface area is 99.7 Å². The zero-order valence-electron chi connectivity index (χ0n) is 10.0. The van der Waals surface area contributed by atoms with Gasteiger partial charge >= 0.3 is 0 Å². The molecule has 0 saturated heterocycles. The van der Waals surface area contributed by atoms with Gasteiger partial charge in [-0.05, 0) is 43.4 Å². The van der Waals surface area contributed by atoms with Gasteiger partial charge in [0, 0.05) is 12.0 Å². The maximum absolute atomic E-state index is 11.8. The fourth-order valence-electron chi connectivity index (χ4n) is 2.11. The molecule has 86 valence electrons. The Hall–Kier alpha value is -2.08. The fraction of sp³-hybridized carbons (Fsp3) is 0.286. The van der Waals surface area contributed by atoms with Crippen LogP contribution in [0.15, 0.2) is 23.0 Å². The second-order valence-corrected chi connectivity index (χ2v) is 4.33. The lowest BCUT2D eigenvalue weighted by Gasteiger charge is -2.06. The number of nitrogens with one attached hydrogen (secondary N) is 1. The van der Waals surface area contributed by atoms with Crippen LogP contribution in [0.1, 0.15) is 23.1 Å². The molecule has 1 N–H and O–H groups in total. The van der Waals surface area contributed by atoms with Crippen molar-refractivity contribution in [2.24, 2.45) is 0 Å². The molecule has 0 radical (unpaired) electrons. The van der Waals surface area contributed by atoms with Gasteiger partial charge in [-0.1, -0.05) is 11.6 Å². The van der Waals surface area contributed by atoms with E-state index in [1.54, 1.807) is 0 Å². The number of aryl methyl sites for hydroxylation is 3. The Morgan fingerprint density at radius 1 is 1.29 bits per heavy atom. The van der Waals surface area contributed by atoms with Crippen molar-refractivity contribution in [2.75, 3.05) is 0 Å². The predicted molar refractivity (Wildman–Crippen MR) is 68.0 cm³/mol. The minimum absolute atomic E-state index is 0.0836. The lowest BCUT2D eigenvalue weighted by molar-refractivity contribution is 0.983. The van der Waals surface area contributed by atoms with Crippen molar-refractivity contribution in [3.05, 3.63) is 45.2 Å². The molecule has 2 aromatic rings. The number of fused-ring (bicyclic) bond motifs is 1. The molecular weight excluding hydrogens is 212 g/mol. The van der Waals surface area contributed by atoms with Gasteiger partial charge in [-0.15, -0.1) is 0 Å². The molecule has 2 rings (SSSR count). The van der Waals surface area contributed by atoms with Crippen LogP contribution in [0.5, 0.6) is 0 Å². The number of nitriles is 1. The summed E-state index contributed by atoms with van der Waals surface area (Å²) in [4.78, 5) is 14.7. The molecule has 0 atom stereocenters. The Morgan fingerprint density at radius 3 is 2.76 bits per heavy atom. The molecule has 0 spiro atoms. The zero-order chi connectivity index (χ0) is 12.4. The highest BCUT2D eigenvalue weighted by Crippen LogP contribution is 2.18. The van der Waals surface area contributed by atoms with Gasteiger partial charge in [-0.25, -0.2) is 0 Å². The molecule has 0 unspecified atom stereocenters. The Balaban J connectivity index is 2.64. The fourth-order valence-corrected chi connectivity index (χ4v) is 2.11. The minimum Gasteiger partial charge on any atom is -0.321 e. The van der Waals surface area contributed by atoms with Crippen molar-refractivity contribution >= 4 is 10.9 Å². The monoisotopic (exact) mass is 226 g/mol. The van der Waals surface area contributed by atoms with Gasteiger partial charge in [0.05, 0.1) is 11.6 Å². The number of rotatable bonds is 2. The molecular formula is C14H14N2O. The normalized spacial score (nSPS) is 10.4. The number of nitrogens with zero attached hydrogens (tertiary/aromatic N) is 1. The van der Waals surface area contributed by atoms with Crippen LogP contribution < -0.4 is 5.56 Å². The summed E-state index contributed by atoms with van der Waals surface area (Å²) in [6.45, 7) is 4.02. The average Bonchev–Trinajstić information content (AvgIpc) is 2.27. The second kappa shape index (κ2) is 4.42. The van der Waals surface area contributed by atoms with Crippen molar-refractivity contribution in [1.29, 1.82) is 5.26 Å². The third-order valence-electron chi connectivity index (χ3n) is 2.88. The second-order valence-electron chi connectivity index (χ2n) is 4.33. The smallest absolute Gasteiger partial charge is 0.251 e. The quantitative estimate of drug-likeness (QED) is 0.855. The van der Waals surface area contributed by atoms with Gasteiger partial charge in [-0.2, -0.15) is 5.26 Å². The highest BCUT2D eigenvalue weighted by molar-refractivity contribution is 5.82. The van der Waals surface area contributed by atoms with Gasteiger partial charge in [0.2, 0.25) is 0 Å². The lowest BCUT2D eigenvalue weighted by atomic mass is 10.0. The number of benzene rings is 1. The lowest BCUT2D eigenvalue weighted by Crippen LogP contribution is -2.12. The maximum Gasteiger partial charge on any atom is 0.251 e. The summed E-state index contributed by atoms with van der Waals surface area (Å²) >= 11 is 0. The molecule has 0 bridgehead atoms. The number of aromatic nitrogens is 1. The summed E-state index contributed by atoms with van der Waals surface area (Å²) in [7, 11) is 0. The van der Waals surface area contributed by atoms with Crippen molar-refractivity contribution in [3.63, 3.8) is 0 Å². The predicted octanol–water partition coefficient (Wildman–Crippen LogP) is 2.60. The van der Waals surface area contributed by atoms with Crippen molar-refractivity contribution in [1.82, 2.24) is 4.98 Å². The van der Waals surface area contributed by atoms with Crippen molar-refractivity contribution in [2.45, 2.75) is 26.7 Å². The van der Waals surface area contributed by atoms with Crippen LogP contribution in [0.3, 0.4) is 0 Å². The molecule has 0 aliphatic carbocycles. The van der Waals surface area contributed by atoms with Gasteiger partial charge in [-0.3, -0.25) is 4.79 Å². The van der Waals surface area contributed by atoms with E-state index in [-0.39, 0.29) is 5.56 Å². The molecule has 0 fully saturated rings. The first-order valence-electron chi connectivity index (χ1n) is 5.62. The molecule has 0 saturated carbocycles. The molecule has 1 heterocycles. The van der Waals surface area contributed by atoms with Gasteiger partial charge in [0.1, 0.15) is 0 Å². The number of H-pyrrole nitrogens is 1. The average molecular weight is 226 g/mol. The Kier molecular flexibility index (Phi) is 2.97. The van der Waals surface area contributed by atoms with Crippen LogP contribution in [-0.2, 0) is 6.42 Å². The highest BCUT2D eigenvalue weighted by atomic mass is 16.1. The van der Waals surface area contributed by atoms with E-state index < -0.39 is 0 Å². The molecule has 3 nitrogen and oxygen atoms in total. The van der Waals surface area contributed by atoms with Gasteiger partial charge in [0.25, 0.3) is 5.56 Å². The molecule has 0 amide bonds. The SMILES string of the molecule is Cc1cc(C)c2[nH]c(=O)c(CCC#N)cc2c1. The summed E-state index contributed by atoms with van der Waals surface area (Å²) in [6, 6.07) is 8.05. The van der Waals surface area contributed by atoms with Crippen molar-refractivity contribution in [3.8, 4) is 6.07 Å². The standard InChI is InChI=1S/C14H14N2O/c1-9-6-10(2)13-12(7-9)8-11(4-3-5-15)14(17)16-13/h6-8H,3-4H2,1-2H3,(H,16,17).